The number of alkyl carbamates (subject to hydrolysis) is 1. The first-order chi connectivity index (χ1) is 13.2. The molecule has 1 aromatic heterocycles. The molecule has 0 atom stereocenters. The van der Waals surface area contributed by atoms with E-state index in [1.54, 1.807) is 0 Å². The molecule has 1 amide bonds. The number of fused-ring (bicyclic) bond motifs is 1. The zero-order valence-electron chi connectivity index (χ0n) is 16.6. The number of hydrogen-bond donors (Lipinski definition) is 1. The highest BCUT2D eigenvalue weighted by atomic mass is 79.9. The van der Waals surface area contributed by atoms with E-state index in [0.717, 1.165) is 46.6 Å². The minimum absolute atomic E-state index is 0.0386. The number of hydrogen-bond acceptors (Lipinski definition) is 4. The molecule has 0 aliphatic heterocycles. The van der Waals surface area contributed by atoms with E-state index >= 15 is 0 Å². The maximum absolute atomic E-state index is 12.7. The summed E-state index contributed by atoms with van der Waals surface area (Å²) >= 11 is 3.48. The Labute approximate surface area is 174 Å². The van der Waals surface area contributed by atoms with Crippen molar-refractivity contribution in [2.45, 2.75) is 64.5 Å². The quantitative estimate of drug-likeness (QED) is 0.700. The second kappa shape index (κ2) is 8.60. The first-order valence-electron chi connectivity index (χ1n) is 9.76. The Bertz CT molecular complexity index is 868. The van der Waals surface area contributed by atoms with Crippen LogP contribution in [-0.2, 0) is 16.0 Å². The molecule has 0 bridgehead atoms. The molecule has 28 heavy (non-hydrogen) atoms. The average molecular weight is 447 g/mol. The molecule has 0 unspecified atom stereocenters. The van der Waals surface area contributed by atoms with Crippen LogP contribution in [0, 0.1) is 5.92 Å². The lowest BCUT2D eigenvalue weighted by molar-refractivity contribution is -0.123. The molecule has 1 aliphatic rings. The Morgan fingerprint density at radius 1 is 1.14 bits per heavy atom. The lowest BCUT2D eigenvalue weighted by Crippen LogP contribution is -2.41. The second-order valence-corrected chi connectivity index (χ2v) is 9.42. The van der Waals surface area contributed by atoms with Crippen LogP contribution in [0.5, 0.6) is 0 Å². The summed E-state index contributed by atoms with van der Waals surface area (Å²) in [4.78, 5) is 29.1. The van der Waals surface area contributed by atoms with Crippen molar-refractivity contribution in [3.8, 4) is 0 Å². The normalized spacial score (nSPS) is 20.0. The highest BCUT2D eigenvalue weighted by Gasteiger charge is 2.28. The van der Waals surface area contributed by atoms with Crippen molar-refractivity contribution in [2.24, 2.45) is 5.92 Å². The smallest absolute Gasteiger partial charge is 0.407 e. The van der Waals surface area contributed by atoms with Crippen LogP contribution < -0.4 is 5.32 Å². The standard InChI is InChI=1S/C22H27BrN2O3/c1-22(2,3)28-21(27)25-18-8-5-14(6-9-18)20(26)12-19-11-16-10-17(23)7-4-15(16)13-24-19/h4,7,10-11,13-14,18H,5-6,8-9,12H2,1-3H3,(H,25,27). The summed E-state index contributed by atoms with van der Waals surface area (Å²) in [6.07, 6.45) is 4.98. The van der Waals surface area contributed by atoms with Gasteiger partial charge in [-0.05, 0) is 70.0 Å². The summed E-state index contributed by atoms with van der Waals surface area (Å²) in [6, 6.07) is 8.11. The lowest BCUT2D eigenvalue weighted by atomic mass is 9.82. The van der Waals surface area contributed by atoms with Gasteiger partial charge in [0.1, 0.15) is 11.4 Å². The zero-order valence-corrected chi connectivity index (χ0v) is 18.2. The molecule has 2 aromatic rings. The molecule has 1 heterocycles. The fourth-order valence-corrected chi connectivity index (χ4v) is 3.99. The molecular formula is C22H27BrN2O3. The molecular weight excluding hydrogens is 420 g/mol. The van der Waals surface area contributed by atoms with E-state index in [2.05, 4.69) is 26.2 Å². The van der Waals surface area contributed by atoms with Gasteiger partial charge in [0, 0.05) is 40.1 Å². The van der Waals surface area contributed by atoms with E-state index in [0.29, 0.717) is 6.42 Å². The number of amides is 1. The van der Waals surface area contributed by atoms with Gasteiger partial charge >= 0.3 is 6.09 Å². The van der Waals surface area contributed by atoms with Crippen LogP contribution in [0.3, 0.4) is 0 Å². The average Bonchev–Trinajstić information content (AvgIpc) is 2.60. The SMILES string of the molecule is CC(C)(C)OC(=O)NC1CCC(C(=O)Cc2cc3cc(Br)ccc3cn2)CC1. The predicted molar refractivity (Wildman–Crippen MR) is 113 cm³/mol. The van der Waals surface area contributed by atoms with Gasteiger partial charge in [0.2, 0.25) is 0 Å². The number of Topliss-reactive ketones (excluding diaryl/α,β-unsaturated/α-hetero) is 1. The van der Waals surface area contributed by atoms with E-state index in [1.165, 1.54) is 0 Å². The number of ether oxygens (including phenoxy) is 1. The molecule has 0 spiro atoms. The van der Waals surface area contributed by atoms with Crippen molar-refractivity contribution < 1.29 is 14.3 Å². The van der Waals surface area contributed by atoms with Crippen LogP contribution in [0.25, 0.3) is 10.8 Å². The van der Waals surface area contributed by atoms with Gasteiger partial charge in [-0.3, -0.25) is 9.78 Å². The van der Waals surface area contributed by atoms with E-state index in [-0.39, 0.29) is 23.8 Å². The summed E-state index contributed by atoms with van der Waals surface area (Å²) in [6.45, 7) is 5.55. The topological polar surface area (TPSA) is 68.3 Å². The van der Waals surface area contributed by atoms with Crippen LogP contribution in [0.4, 0.5) is 4.79 Å². The monoisotopic (exact) mass is 446 g/mol. The Hall–Kier alpha value is -1.95. The van der Waals surface area contributed by atoms with Crippen molar-refractivity contribution in [3.05, 3.63) is 40.6 Å². The summed E-state index contributed by atoms with van der Waals surface area (Å²) in [7, 11) is 0. The maximum atomic E-state index is 12.7. The summed E-state index contributed by atoms with van der Waals surface area (Å²) in [5.41, 5.74) is 0.310. The van der Waals surface area contributed by atoms with Gasteiger partial charge in [-0.25, -0.2) is 4.79 Å². The summed E-state index contributed by atoms with van der Waals surface area (Å²) < 4.78 is 6.32. The van der Waals surface area contributed by atoms with E-state index in [1.807, 2.05) is 51.2 Å². The Kier molecular flexibility index (Phi) is 6.38. The first-order valence-corrected chi connectivity index (χ1v) is 10.6. The van der Waals surface area contributed by atoms with E-state index < -0.39 is 5.60 Å². The molecule has 150 valence electrons. The maximum Gasteiger partial charge on any atom is 0.407 e. The van der Waals surface area contributed by atoms with Crippen molar-refractivity contribution in [1.82, 2.24) is 10.3 Å². The van der Waals surface area contributed by atoms with Gasteiger partial charge in [-0.15, -0.1) is 0 Å². The third-order valence-electron chi connectivity index (χ3n) is 5.00. The van der Waals surface area contributed by atoms with Crippen molar-refractivity contribution in [1.29, 1.82) is 0 Å². The number of halogens is 1. The van der Waals surface area contributed by atoms with Crippen molar-refractivity contribution in [3.63, 3.8) is 0 Å². The Balaban J connectivity index is 1.52. The minimum Gasteiger partial charge on any atom is -0.444 e. The number of aromatic nitrogens is 1. The first kappa shape index (κ1) is 20.8. The third kappa shape index (κ3) is 5.77. The summed E-state index contributed by atoms with van der Waals surface area (Å²) in [5, 5.41) is 5.06. The van der Waals surface area contributed by atoms with Crippen molar-refractivity contribution >= 4 is 38.6 Å². The fraction of sp³-hybridized carbons (Fsp3) is 0.500. The molecule has 5 nitrogen and oxygen atoms in total. The number of nitrogens with one attached hydrogen (secondary N) is 1. The van der Waals surface area contributed by atoms with Crippen molar-refractivity contribution in [2.75, 3.05) is 0 Å². The molecule has 1 N–H and O–H groups in total. The highest BCUT2D eigenvalue weighted by molar-refractivity contribution is 9.10. The van der Waals surface area contributed by atoms with Gasteiger partial charge in [0.05, 0.1) is 0 Å². The number of nitrogens with zero attached hydrogens (tertiary/aromatic N) is 1. The Morgan fingerprint density at radius 2 is 1.86 bits per heavy atom. The molecule has 1 fully saturated rings. The van der Waals surface area contributed by atoms with Crippen LogP contribution in [0.2, 0.25) is 0 Å². The zero-order chi connectivity index (χ0) is 20.3. The number of pyridine rings is 1. The number of rotatable bonds is 4. The molecule has 1 aliphatic carbocycles. The molecule has 0 saturated heterocycles. The number of benzene rings is 1. The molecule has 1 saturated carbocycles. The second-order valence-electron chi connectivity index (χ2n) is 8.50. The fourth-order valence-electron chi connectivity index (χ4n) is 3.61. The number of carbonyl (C=O) groups excluding carboxylic acids is 2. The van der Waals surface area contributed by atoms with Gasteiger partial charge < -0.3 is 10.1 Å². The van der Waals surface area contributed by atoms with E-state index in [9.17, 15) is 9.59 Å². The third-order valence-corrected chi connectivity index (χ3v) is 5.49. The predicted octanol–water partition coefficient (Wildman–Crippen LogP) is 5.19. The van der Waals surface area contributed by atoms with Gasteiger partial charge in [0.25, 0.3) is 0 Å². The molecule has 3 rings (SSSR count). The van der Waals surface area contributed by atoms with Crippen LogP contribution in [0.15, 0.2) is 34.9 Å². The molecule has 0 radical (unpaired) electrons. The molecule has 1 aromatic carbocycles. The van der Waals surface area contributed by atoms with Crippen LogP contribution >= 0.6 is 15.9 Å². The van der Waals surface area contributed by atoms with Crippen LogP contribution in [0.1, 0.15) is 52.1 Å². The van der Waals surface area contributed by atoms with Gasteiger partial charge in [-0.1, -0.05) is 22.0 Å². The highest BCUT2D eigenvalue weighted by Crippen LogP contribution is 2.27. The largest absolute Gasteiger partial charge is 0.444 e. The van der Waals surface area contributed by atoms with Gasteiger partial charge in [0.15, 0.2) is 0 Å². The number of ketones is 1. The van der Waals surface area contributed by atoms with E-state index in [4.69, 9.17) is 4.74 Å². The Morgan fingerprint density at radius 3 is 2.54 bits per heavy atom. The minimum atomic E-state index is -0.500. The molecule has 6 heteroatoms. The van der Waals surface area contributed by atoms with Gasteiger partial charge in [-0.2, -0.15) is 0 Å². The number of carbonyl (C=O) groups is 2. The van der Waals surface area contributed by atoms with Crippen LogP contribution in [-0.4, -0.2) is 28.5 Å². The summed E-state index contributed by atoms with van der Waals surface area (Å²) in [5.74, 6) is 0.272. The lowest BCUT2D eigenvalue weighted by Gasteiger charge is -2.29.